The highest BCUT2D eigenvalue weighted by Crippen LogP contribution is 2.18. The van der Waals surface area contributed by atoms with Crippen molar-refractivity contribution in [3.05, 3.63) is 46.0 Å². The largest absolute Gasteiger partial charge is 0.310 e. The van der Waals surface area contributed by atoms with Gasteiger partial charge in [-0.3, -0.25) is 0 Å². The fraction of sp³-hybridized carbons (Fsp3) is 0.619. The number of aryl methyl sites for hydroxylation is 1. The van der Waals surface area contributed by atoms with Gasteiger partial charge in [-0.25, -0.2) is 0 Å². The highest BCUT2D eigenvalue weighted by molar-refractivity contribution is 7.71. The lowest BCUT2D eigenvalue weighted by atomic mass is 10.0. The van der Waals surface area contributed by atoms with E-state index in [1.54, 1.807) is 4.90 Å². The van der Waals surface area contributed by atoms with Crippen LogP contribution in [0.15, 0.2) is 24.3 Å². The Labute approximate surface area is 161 Å². The van der Waals surface area contributed by atoms with E-state index in [1.807, 2.05) is 0 Å². The molecular formula is C21H31N4S+. The molecule has 0 radical (unpaired) electrons. The summed E-state index contributed by atoms with van der Waals surface area (Å²) in [6, 6.07) is 9.95. The molecule has 5 heteroatoms. The minimum atomic E-state index is 0.593. The molecular weight excluding hydrogens is 340 g/mol. The van der Waals surface area contributed by atoms with Crippen LogP contribution in [0.1, 0.15) is 68.8 Å². The zero-order valence-corrected chi connectivity index (χ0v) is 16.9. The maximum Gasteiger partial charge on any atom is 0.202 e. The minimum absolute atomic E-state index is 0.593. The van der Waals surface area contributed by atoms with Crippen LogP contribution in [0.4, 0.5) is 0 Å². The van der Waals surface area contributed by atoms with E-state index in [0.717, 1.165) is 37.0 Å². The molecule has 26 heavy (non-hydrogen) atoms. The van der Waals surface area contributed by atoms with Gasteiger partial charge >= 0.3 is 0 Å². The molecule has 1 aromatic heterocycles. The van der Waals surface area contributed by atoms with E-state index in [4.69, 9.17) is 17.3 Å². The first-order valence-corrected chi connectivity index (χ1v) is 10.6. The lowest BCUT2D eigenvalue weighted by Gasteiger charge is -2.19. The number of nitrogens with one attached hydrogen (secondary N) is 1. The molecule has 1 unspecified atom stereocenters. The van der Waals surface area contributed by atoms with Crippen molar-refractivity contribution in [1.82, 2.24) is 14.3 Å². The molecule has 140 valence electrons. The fourth-order valence-corrected chi connectivity index (χ4v) is 4.33. The summed E-state index contributed by atoms with van der Waals surface area (Å²) in [6.07, 6.45) is 7.51. The molecule has 4 nitrogen and oxygen atoms in total. The Morgan fingerprint density at radius 3 is 2.62 bits per heavy atom. The van der Waals surface area contributed by atoms with Crippen LogP contribution in [0.25, 0.3) is 0 Å². The van der Waals surface area contributed by atoms with Crippen molar-refractivity contribution in [2.45, 2.75) is 84.1 Å². The van der Waals surface area contributed by atoms with E-state index in [-0.39, 0.29) is 0 Å². The van der Waals surface area contributed by atoms with Gasteiger partial charge in [0.2, 0.25) is 4.77 Å². The number of benzene rings is 1. The van der Waals surface area contributed by atoms with Crippen molar-refractivity contribution < 1.29 is 4.90 Å². The van der Waals surface area contributed by atoms with Gasteiger partial charge in [0.05, 0.1) is 6.04 Å². The van der Waals surface area contributed by atoms with Crippen molar-refractivity contribution in [3.63, 3.8) is 0 Å². The van der Waals surface area contributed by atoms with Gasteiger partial charge in [-0.1, -0.05) is 44.5 Å². The van der Waals surface area contributed by atoms with Crippen LogP contribution in [0.5, 0.6) is 0 Å². The average Bonchev–Trinajstić information content (AvgIpc) is 3.45. The van der Waals surface area contributed by atoms with Gasteiger partial charge in [0.15, 0.2) is 6.67 Å². The molecule has 2 aromatic rings. The van der Waals surface area contributed by atoms with Crippen molar-refractivity contribution >= 4 is 12.2 Å². The minimum Gasteiger partial charge on any atom is -0.310 e. The number of hydrogen-bond donors (Lipinski definition) is 1. The molecule has 2 heterocycles. The second kappa shape index (κ2) is 7.65. The SMILES string of the molecule is CC(C)c1ccc(C[NH+](Cn2nc3n(c2=S)CCCCC3)C2CC2)cc1. The zero-order chi connectivity index (χ0) is 18.1. The van der Waals surface area contributed by atoms with E-state index in [2.05, 4.69) is 47.4 Å². The quantitative estimate of drug-likeness (QED) is 0.787. The fourth-order valence-electron chi connectivity index (χ4n) is 4.02. The first-order chi connectivity index (χ1) is 12.6. The summed E-state index contributed by atoms with van der Waals surface area (Å²) in [4.78, 5) is 1.60. The highest BCUT2D eigenvalue weighted by atomic mass is 32.1. The predicted octanol–water partition coefficient (Wildman–Crippen LogP) is 3.47. The molecule has 0 bridgehead atoms. The van der Waals surface area contributed by atoms with Crippen molar-refractivity contribution in [3.8, 4) is 0 Å². The maximum absolute atomic E-state index is 5.76. The molecule has 1 saturated carbocycles. The number of fused-ring (bicyclic) bond motifs is 1. The molecule has 1 aliphatic heterocycles. The Morgan fingerprint density at radius 2 is 1.92 bits per heavy atom. The maximum atomic E-state index is 5.76. The van der Waals surface area contributed by atoms with Gasteiger partial charge < -0.3 is 9.47 Å². The first-order valence-electron chi connectivity index (χ1n) is 10.2. The standard InChI is InChI=1S/C21H30N4S/c1-16(2)18-9-7-17(8-10-18)14-23(19-11-12-19)15-25-21(26)24-13-5-3-4-6-20(24)22-25/h7-10,16,19H,3-6,11-15H2,1-2H3/p+1. The van der Waals surface area contributed by atoms with Crippen LogP contribution in [0.3, 0.4) is 0 Å². The lowest BCUT2D eigenvalue weighted by Crippen LogP contribution is -3.11. The van der Waals surface area contributed by atoms with Gasteiger partial charge in [0.1, 0.15) is 12.4 Å². The van der Waals surface area contributed by atoms with E-state index >= 15 is 0 Å². The second-order valence-corrected chi connectivity index (χ2v) is 8.69. The molecule has 2 aliphatic rings. The third-order valence-corrected chi connectivity index (χ3v) is 6.30. The van der Waals surface area contributed by atoms with Gasteiger partial charge in [-0.05, 0) is 36.5 Å². The molecule has 0 amide bonds. The summed E-state index contributed by atoms with van der Waals surface area (Å²) in [5.74, 6) is 1.79. The number of hydrogen-bond acceptors (Lipinski definition) is 2. The molecule has 1 fully saturated rings. The molecule has 1 atom stereocenters. The Balaban J connectivity index is 1.50. The summed E-state index contributed by atoms with van der Waals surface area (Å²) >= 11 is 5.76. The lowest BCUT2D eigenvalue weighted by molar-refractivity contribution is -0.947. The monoisotopic (exact) mass is 371 g/mol. The average molecular weight is 372 g/mol. The molecule has 1 aliphatic carbocycles. The number of nitrogens with zero attached hydrogens (tertiary/aromatic N) is 3. The van der Waals surface area contributed by atoms with Crippen LogP contribution < -0.4 is 4.90 Å². The molecule has 1 N–H and O–H groups in total. The van der Waals surface area contributed by atoms with E-state index in [1.165, 1.54) is 49.1 Å². The van der Waals surface area contributed by atoms with Crippen molar-refractivity contribution in [2.75, 3.05) is 0 Å². The number of quaternary nitrogens is 1. The van der Waals surface area contributed by atoms with Gasteiger partial charge in [-0.15, -0.1) is 0 Å². The van der Waals surface area contributed by atoms with Crippen LogP contribution in [-0.2, 0) is 26.2 Å². The summed E-state index contributed by atoms with van der Waals surface area (Å²) in [5.41, 5.74) is 2.84. The van der Waals surface area contributed by atoms with Crippen molar-refractivity contribution in [1.29, 1.82) is 0 Å². The van der Waals surface area contributed by atoms with Crippen LogP contribution in [0.2, 0.25) is 0 Å². The van der Waals surface area contributed by atoms with Crippen LogP contribution >= 0.6 is 12.2 Å². The summed E-state index contributed by atoms with van der Waals surface area (Å²) in [6.45, 7) is 7.51. The van der Waals surface area contributed by atoms with E-state index in [9.17, 15) is 0 Å². The van der Waals surface area contributed by atoms with E-state index in [0.29, 0.717) is 5.92 Å². The Morgan fingerprint density at radius 1 is 1.15 bits per heavy atom. The third kappa shape index (κ3) is 3.94. The summed E-state index contributed by atoms with van der Waals surface area (Å²) in [5, 5.41) is 4.89. The summed E-state index contributed by atoms with van der Waals surface area (Å²) < 4.78 is 5.31. The predicted molar refractivity (Wildman–Crippen MR) is 107 cm³/mol. The molecule has 0 saturated heterocycles. The smallest absolute Gasteiger partial charge is 0.202 e. The molecule has 1 aromatic carbocycles. The van der Waals surface area contributed by atoms with Gasteiger partial charge in [-0.2, -0.15) is 9.78 Å². The Bertz CT molecular complexity index is 798. The topological polar surface area (TPSA) is 27.2 Å². The Kier molecular flexibility index (Phi) is 5.28. The number of rotatable bonds is 6. The third-order valence-electron chi connectivity index (χ3n) is 5.87. The van der Waals surface area contributed by atoms with Crippen LogP contribution in [-0.4, -0.2) is 20.4 Å². The van der Waals surface area contributed by atoms with Crippen molar-refractivity contribution in [2.24, 2.45) is 0 Å². The van der Waals surface area contributed by atoms with E-state index < -0.39 is 0 Å². The zero-order valence-electron chi connectivity index (χ0n) is 16.1. The highest BCUT2D eigenvalue weighted by Gasteiger charge is 2.34. The normalized spacial score (nSPS) is 18.6. The Hall–Kier alpha value is -1.46. The molecule has 4 rings (SSSR count). The second-order valence-electron chi connectivity index (χ2n) is 8.32. The molecule has 0 spiro atoms. The van der Waals surface area contributed by atoms with Gasteiger partial charge in [0.25, 0.3) is 0 Å². The van der Waals surface area contributed by atoms with Gasteiger partial charge in [0, 0.05) is 31.4 Å². The summed E-state index contributed by atoms with van der Waals surface area (Å²) in [7, 11) is 0. The van der Waals surface area contributed by atoms with Crippen LogP contribution in [0, 0.1) is 4.77 Å². The number of aromatic nitrogens is 3. The first kappa shape index (κ1) is 17.9.